The number of benzene rings is 2. The standard InChI is InChI=1S/C19H21NO7/c1-3-10-25-15-5-7-16(8-6-15)26-11-12-27-18-9-4-14(19(21)24-2)13-17(18)20(22)23/h4-9,13H,3,10-12H2,1-2H3. The number of rotatable bonds is 10. The lowest BCUT2D eigenvalue weighted by Crippen LogP contribution is -2.10. The van der Waals surface area contributed by atoms with Crippen molar-refractivity contribution in [1.29, 1.82) is 0 Å². The molecule has 0 heterocycles. The van der Waals surface area contributed by atoms with Crippen LogP contribution in [0, 0.1) is 10.1 Å². The van der Waals surface area contributed by atoms with Gasteiger partial charge in [0.25, 0.3) is 0 Å². The van der Waals surface area contributed by atoms with Gasteiger partial charge in [-0.25, -0.2) is 4.79 Å². The molecular formula is C19H21NO7. The lowest BCUT2D eigenvalue weighted by Gasteiger charge is -2.10. The molecule has 0 radical (unpaired) electrons. The second-order valence-corrected chi connectivity index (χ2v) is 5.45. The third-order valence-electron chi connectivity index (χ3n) is 3.48. The SMILES string of the molecule is CCCOc1ccc(OCCOc2ccc(C(=O)OC)cc2[N+](=O)[O-])cc1. The van der Waals surface area contributed by atoms with E-state index in [1.165, 1.54) is 19.2 Å². The summed E-state index contributed by atoms with van der Waals surface area (Å²) in [5.74, 6) is 0.804. The Morgan fingerprint density at radius 1 is 0.963 bits per heavy atom. The minimum absolute atomic E-state index is 0.0552. The van der Waals surface area contributed by atoms with Crippen LogP contribution in [0.15, 0.2) is 42.5 Å². The highest BCUT2D eigenvalue weighted by molar-refractivity contribution is 5.90. The summed E-state index contributed by atoms with van der Waals surface area (Å²) in [7, 11) is 1.21. The summed E-state index contributed by atoms with van der Waals surface area (Å²) in [6.07, 6.45) is 0.933. The van der Waals surface area contributed by atoms with Crippen molar-refractivity contribution in [2.45, 2.75) is 13.3 Å². The third-order valence-corrected chi connectivity index (χ3v) is 3.48. The molecule has 0 unspecified atom stereocenters. The molecule has 0 N–H and O–H groups in total. The van der Waals surface area contributed by atoms with Crippen LogP contribution in [0.1, 0.15) is 23.7 Å². The molecule has 0 saturated heterocycles. The summed E-state index contributed by atoms with van der Waals surface area (Å²) in [5, 5.41) is 11.2. The van der Waals surface area contributed by atoms with Crippen molar-refractivity contribution in [1.82, 2.24) is 0 Å². The molecule has 2 rings (SSSR count). The molecule has 2 aromatic carbocycles. The largest absolute Gasteiger partial charge is 0.494 e. The molecule has 0 saturated carbocycles. The van der Waals surface area contributed by atoms with Gasteiger partial charge in [0.2, 0.25) is 0 Å². The van der Waals surface area contributed by atoms with Crippen LogP contribution in [0.4, 0.5) is 5.69 Å². The molecule has 0 bridgehead atoms. The Morgan fingerprint density at radius 3 is 2.11 bits per heavy atom. The normalized spacial score (nSPS) is 10.1. The van der Waals surface area contributed by atoms with Crippen molar-refractivity contribution in [2.75, 3.05) is 26.9 Å². The van der Waals surface area contributed by atoms with Gasteiger partial charge in [-0.2, -0.15) is 0 Å². The zero-order chi connectivity index (χ0) is 19.6. The van der Waals surface area contributed by atoms with Gasteiger partial charge in [0.05, 0.1) is 24.2 Å². The third kappa shape index (κ3) is 5.88. The summed E-state index contributed by atoms with van der Waals surface area (Å²) in [5.41, 5.74) is -0.228. The Bertz CT molecular complexity index is 774. The van der Waals surface area contributed by atoms with Crippen LogP contribution >= 0.6 is 0 Å². The molecule has 144 valence electrons. The molecule has 8 nitrogen and oxygen atoms in total. The van der Waals surface area contributed by atoms with Crippen molar-refractivity contribution in [2.24, 2.45) is 0 Å². The fraction of sp³-hybridized carbons (Fsp3) is 0.316. The highest BCUT2D eigenvalue weighted by Gasteiger charge is 2.19. The number of methoxy groups -OCH3 is 1. The predicted octanol–water partition coefficient (Wildman–Crippen LogP) is 3.63. The quantitative estimate of drug-likeness (QED) is 0.271. The van der Waals surface area contributed by atoms with E-state index in [-0.39, 0.29) is 30.2 Å². The van der Waals surface area contributed by atoms with E-state index in [2.05, 4.69) is 4.74 Å². The van der Waals surface area contributed by atoms with Crippen molar-refractivity contribution >= 4 is 11.7 Å². The van der Waals surface area contributed by atoms with E-state index < -0.39 is 10.9 Å². The molecule has 0 aliphatic carbocycles. The molecule has 0 atom stereocenters. The molecule has 0 aliphatic heterocycles. The van der Waals surface area contributed by atoms with Gasteiger partial charge in [-0.1, -0.05) is 6.92 Å². The minimum Gasteiger partial charge on any atom is -0.494 e. The van der Waals surface area contributed by atoms with E-state index in [1.54, 1.807) is 12.1 Å². The van der Waals surface area contributed by atoms with Crippen LogP contribution in [0.2, 0.25) is 0 Å². The van der Waals surface area contributed by atoms with Gasteiger partial charge < -0.3 is 18.9 Å². The maximum atomic E-state index is 11.5. The zero-order valence-corrected chi connectivity index (χ0v) is 15.2. The first-order chi connectivity index (χ1) is 13.0. The highest BCUT2D eigenvalue weighted by Crippen LogP contribution is 2.28. The summed E-state index contributed by atoms with van der Waals surface area (Å²) in [6.45, 7) is 2.99. The number of carbonyl (C=O) groups excluding carboxylic acids is 1. The Balaban J connectivity index is 1.89. The lowest BCUT2D eigenvalue weighted by atomic mass is 10.2. The maximum absolute atomic E-state index is 11.5. The summed E-state index contributed by atoms with van der Waals surface area (Å²) in [4.78, 5) is 22.0. The molecule has 0 aliphatic rings. The molecule has 8 heteroatoms. The summed E-state index contributed by atoms with van der Waals surface area (Å²) in [6, 6.07) is 11.1. The fourth-order valence-corrected chi connectivity index (χ4v) is 2.19. The molecule has 0 amide bonds. The number of hydrogen-bond donors (Lipinski definition) is 0. The number of hydrogen-bond acceptors (Lipinski definition) is 7. The van der Waals surface area contributed by atoms with E-state index in [0.717, 1.165) is 18.2 Å². The average Bonchev–Trinajstić information content (AvgIpc) is 2.69. The Kier molecular flexibility index (Phi) is 7.42. The molecule has 0 aromatic heterocycles. The van der Waals surface area contributed by atoms with E-state index in [9.17, 15) is 14.9 Å². The number of esters is 1. The Labute approximate surface area is 156 Å². The van der Waals surface area contributed by atoms with E-state index in [0.29, 0.717) is 12.4 Å². The van der Waals surface area contributed by atoms with Gasteiger partial charge >= 0.3 is 11.7 Å². The highest BCUT2D eigenvalue weighted by atomic mass is 16.6. The minimum atomic E-state index is -0.653. The predicted molar refractivity (Wildman–Crippen MR) is 97.7 cm³/mol. The topological polar surface area (TPSA) is 97.1 Å². The van der Waals surface area contributed by atoms with Crippen LogP contribution < -0.4 is 14.2 Å². The molecule has 27 heavy (non-hydrogen) atoms. The summed E-state index contributed by atoms with van der Waals surface area (Å²) >= 11 is 0. The van der Waals surface area contributed by atoms with Gasteiger partial charge in [0, 0.05) is 6.07 Å². The van der Waals surface area contributed by atoms with Crippen molar-refractivity contribution in [3.05, 3.63) is 58.1 Å². The molecule has 2 aromatic rings. The van der Waals surface area contributed by atoms with Crippen LogP contribution in [-0.2, 0) is 4.74 Å². The van der Waals surface area contributed by atoms with E-state index in [4.69, 9.17) is 14.2 Å². The second-order valence-electron chi connectivity index (χ2n) is 5.45. The van der Waals surface area contributed by atoms with Crippen molar-refractivity contribution in [3.8, 4) is 17.2 Å². The summed E-state index contributed by atoms with van der Waals surface area (Å²) < 4.78 is 21.0. The van der Waals surface area contributed by atoms with Gasteiger partial charge in [-0.05, 0) is 42.8 Å². The molecule has 0 spiro atoms. The fourth-order valence-electron chi connectivity index (χ4n) is 2.19. The van der Waals surface area contributed by atoms with Crippen LogP contribution in [0.3, 0.4) is 0 Å². The second kappa shape index (κ2) is 10.0. The first kappa shape index (κ1) is 20.0. The monoisotopic (exact) mass is 375 g/mol. The molecular weight excluding hydrogens is 354 g/mol. The first-order valence-corrected chi connectivity index (χ1v) is 8.40. The van der Waals surface area contributed by atoms with Crippen molar-refractivity contribution in [3.63, 3.8) is 0 Å². The number of nitro benzene ring substituents is 1. The number of carbonyl (C=O) groups is 1. The average molecular weight is 375 g/mol. The van der Waals surface area contributed by atoms with Gasteiger partial charge in [-0.15, -0.1) is 0 Å². The number of nitrogens with zero attached hydrogens (tertiary/aromatic N) is 1. The van der Waals surface area contributed by atoms with E-state index >= 15 is 0 Å². The van der Waals surface area contributed by atoms with Crippen molar-refractivity contribution < 1.29 is 28.7 Å². The van der Waals surface area contributed by atoms with Gasteiger partial charge in [0.15, 0.2) is 5.75 Å². The maximum Gasteiger partial charge on any atom is 0.338 e. The van der Waals surface area contributed by atoms with E-state index in [1.807, 2.05) is 19.1 Å². The number of nitro groups is 1. The van der Waals surface area contributed by atoms with Gasteiger partial charge in [-0.3, -0.25) is 10.1 Å². The Morgan fingerprint density at radius 2 is 1.56 bits per heavy atom. The lowest BCUT2D eigenvalue weighted by molar-refractivity contribution is -0.385. The van der Waals surface area contributed by atoms with Crippen LogP contribution in [0.5, 0.6) is 17.2 Å². The smallest absolute Gasteiger partial charge is 0.338 e. The Hall–Kier alpha value is -3.29. The zero-order valence-electron chi connectivity index (χ0n) is 15.2. The molecule has 0 fully saturated rings. The van der Waals surface area contributed by atoms with Gasteiger partial charge in [0.1, 0.15) is 24.7 Å². The first-order valence-electron chi connectivity index (χ1n) is 8.40. The van der Waals surface area contributed by atoms with Crippen LogP contribution in [-0.4, -0.2) is 37.8 Å². The number of ether oxygens (including phenoxy) is 4. The van der Waals surface area contributed by atoms with Crippen LogP contribution in [0.25, 0.3) is 0 Å².